The van der Waals surface area contributed by atoms with Crippen LogP contribution in [0.2, 0.25) is 0 Å². The highest BCUT2D eigenvalue weighted by atomic mass is 16.4. The molecule has 0 saturated carbocycles. The van der Waals surface area contributed by atoms with Crippen LogP contribution in [0.1, 0.15) is 46.1 Å². The van der Waals surface area contributed by atoms with Crippen LogP contribution in [0.4, 0.5) is 0 Å². The maximum absolute atomic E-state index is 12.1. The van der Waals surface area contributed by atoms with Crippen molar-refractivity contribution in [3.05, 3.63) is 18.0 Å². The number of rotatable bonds is 5. The Morgan fingerprint density at radius 2 is 1.95 bits per heavy atom. The van der Waals surface area contributed by atoms with Gasteiger partial charge in [-0.15, -0.1) is 0 Å². The molecule has 0 aliphatic carbocycles. The van der Waals surface area contributed by atoms with Crippen molar-refractivity contribution in [3.8, 4) is 0 Å². The number of nitrogens with one attached hydrogen (secondary N) is 1. The summed E-state index contributed by atoms with van der Waals surface area (Å²) in [6, 6.07) is -0.924. The van der Waals surface area contributed by atoms with Gasteiger partial charge >= 0.3 is 5.97 Å². The smallest absolute Gasteiger partial charge is 0.325 e. The third-order valence-corrected chi connectivity index (χ3v) is 3.12. The van der Waals surface area contributed by atoms with E-state index in [1.807, 2.05) is 20.0 Å². The van der Waals surface area contributed by atoms with Gasteiger partial charge in [0.25, 0.3) is 0 Å². The fraction of sp³-hybridized carbons (Fsp3) is 0.615. The Morgan fingerprint density at radius 3 is 2.37 bits per heavy atom. The standard InChI is InChI=1S/C13H21N3O3/c1-8(2)10-6-14-16(7-10)13(4,5)12(19)15-9(3)11(17)18/h6-9H,1-5H3,(H,15,19)(H,17,18). The molecule has 1 heterocycles. The van der Waals surface area contributed by atoms with E-state index in [2.05, 4.69) is 10.4 Å². The largest absolute Gasteiger partial charge is 0.480 e. The summed E-state index contributed by atoms with van der Waals surface area (Å²) in [5, 5.41) is 15.5. The molecule has 1 rings (SSSR count). The first-order valence-electron chi connectivity index (χ1n) is 6.25. The van der Waals surface area contributed by atoms with Gasteiger partial charge in [-0.3, -0.25) is 14.3 Å². The lowest BCUT2D eigenvalue weighted by Crippen LogP contribution is -2.49. The summed E-state index contributed by atoms with van der Waals surface area (Å²) < 4.78 is 1.56. The Labute approximate surface area is 112 Å². The van der Waals surface area contributed by atoms with Crippen molar-refractivity contribution in [1.82, 2.24) is 15.1 Å². The van der Waals surface area contributed by atoms with Gasteiger partial charge in [0.05, 0.1) is 6.20 Å². The maximum Gasteiger partial charge on any atom is 0.325 e. The van der Waals surface area contributed by atoms with Crippen molar-refractivity contribution in [1.29, 1.82) is 0 Å². The number of hydrogen-bond acceptors (Lipinski definition) is 3. The molecule has 1 unspecified atom stereocenters. The topological polar surface area (TPSA) is 84.2 Å². The highest BCUT2D eigenvalue weighted by Crippen LogP contribution is 2.19. The molecule has 1 aromatic rings. The molecule has 0 radical (unpaired) electrons. The van der Waals surface area contributed by atoms with Crippen LogP contribution in [-0.2, 0) is 15.1 Å². The number of carbonyl (C=O) groups excluding carboxylic acids is 1. The number of aromatic nitrogens is 2. The molecule has 106 valence electrons. The zero-order chi connectivity index (χ0) is 14.8. The van der Waals surface area contributed by atoms with E-state index in [0.717, 1.165) is 5.56 Å². The van der Waals surface area contributed by atoms with Crippen molar-refractivity contribution in [2.45, 2.75) is 52.1 Å². The van der Waals surface area contributed by atoms with Gasteiger partial charge in [0, 0.05) is 6.20 Å². The first kappa shape index (κ1) is 15.2. The average Bonchev–Trinajstić information content (AvgIpc) is 2.78. The minimum Gasteiger partial charge on any atom is -0.480 e. The van der Waals surface area contributed by atoms with Crippen molar-refractivity contribution < 1.29 is 14.7 Å². The number of carbonyl (C=O) groups is 2. The van der Waals surface area contributed by atoms with E-state index in [4.69, 9.17) is 5.11 Å². The second-order valence-electron chi connectivity index (χ2n) is 5.47. The predicted octanol–water partition coefficient (Wildman–Crippen LogP) is 1.33. The van der Waals surface area contributed by atoms with Crippen molar-refractivity contribution in [3.63, 3.8) is 0 Å². The van der Waals surface area contributed by atoms with Crippen LogP contribution in [0.25, 0.3) is 0 Å². The summed E-state index contributed by atoms with van der Waals surface area (Å²) in [4.78, 5) is 22.9. The van der Waals surface area contributed by atoms with Crippen LogP contribution in [0.3, 0.4) is 0 Å². The molecule has 0 aliphatic heterocycles. The zero-order valence-electron chi connectivity index (χ0n) is 12.0. The number of amides is 1. The highest BCUT2D eigenvalue weighted by Gasteiger charge is 2.32. The van der Waals surface area contributed by atoms with Gasteiger partial charge in [0.2, 0.25) is 5.91 Å². The van der Waals surface area contributed by atoms with Crippen LogP contribution in [0.5, 0.6) is 0 Å². The van der Waals surface area contributed by atoms with E-state index >= 15 is 0 Å². The van der Waals surface area contributed by atoms with Crippen molar-refractivity contribution in [2.75, 3.05) is 0 Å². The molecule has 19 heavy (non-hydrogen) atoms. The first-order chi connectivity index (χ1) is 8.66. The minimum atomic E-state index is -1.06. The molecule has 0 aliphatic rings. The van der Waals surface area contributed by atoms with Crippen LogP contribution in [-0.4, -0.2) is 32.8 Å². The predicted molar refractivity (Wildman–Crippen MR) is 70.9 cm³/mol. The molecule has 1 atom stereocenters. The minimum absolute atomic E-state index is 0.325. The van der Waals surface area contributed by atoms with Crippen LogP contribution in [0.15, 0.2) is 12.4 Å². The molecule has 1 aromatic heterocycles. The van der Waals surface area contributed by atoms with Gasteiger partial charge in [0.15, 0.2) is 0 Å². The summed E-state index contributed by atoms with van der Waals surface area (Å²) in [5.41, 5.74) is 0.101. The van der Waals surface area contributed by atoms with Gasteiger partial charge in [-0.05, 0) is 32.3 Å². The lowest BCUT2D eigenvalue weighted by molar-refractivity contribution is -0.142. The number of aliphatic carboxylic acids is 1. The number of carboxylic acids is 1. The van der Waals surface area contributed by atoms with E-state index in [1.165, 1.54) is 6.92 Å². The summed E-state index contributed by atoms with van der Waals surface area (Å²) in [6.45, 7) is 8.92. The summed E-state index contributed by atoms with van der Waals surface area (Å²) in [5.74, 6) is -1.11. The monoisotopic (exact) mass is 267 g/mol. The molecule has 0 fully saturated rings. The zero-order valence-corrected chi connectivity index (χ0v) is 12.0. The Morgan fingerprint density at radius 1 is 1.37 bits per heavy atom. The van der Waals surface area contributed by atoms with Crippen LogP contribution >= 0.6 is 0 Å². The van der Waals surface area contributed by atoms with E-state index in [9.17, 15) is 9.59 Å². The van der Waals surface area contributed by atoms with Gasteiger partial charge in [-0.25, -0.2) is 0 Å². The Kier molecular flexibility index (Phi) is 4.34. The molecular formula is C13H21N3O3. The molecule has 1 amide bonds. The molecule has 0 bridgehead atoms. The summed E-state index contributed by atoms with van der Waals surface area (Å²) in [7, 11) is 0. The van der Waals surface area contributed by atoms with Gasteiger partial charge in [-0.1, -0.05) is 13.8 Å². The third-order valence-electron chi connectivity index (χ3n) is 3.12. The average molecular weight is 267 g/mol. The molecule has 0 aromatic carbocycles. The van der Waals surface area contributed by atoms with E-state index in [-0.39, 0.29) is 5.91 Å². The Bertz CT molecular complexity index is 477. The first-order valence-corrected chi connectivity index (χ1v) is 6.25. The van der Waals surface area contributed by atoms with Crippen LogP contribution in [0, 0.1) is 0 Å². The van der Waals surface area contributed by atoms with Crippen LogP contribution < -0.4 is 5.32 Å². The number of hydrogen-bond donors (Lipinski definition) is 2. The van der Waals surface area contributed by atoms with Gasteiger partial charge in [-0.2, -0.15) is 5.10 Å². The quantitative estimate of drug-likeness (QED) is 0.843. The Balaban J connectivity index is 2.89. The second-order valence-corrected chi connectivity index (χ2v) is 5.47. The lowest BCUT2D eigenvalue weighted by atomic mass is 10.0. The molecular weight excluding hydrogens is 246 g/mol. The third kappa shape index (κ3) is 3.33. The molecule has 0 spiro atoms. The fourth-order valence-electron chi connectivity index (χ4n) is 1.48. The Hall–Kier alpha value is -1.85. The van der Waals surface area contributed by atoms with Gasteiger partial charge in [0.1, 0.15) is 11.6 Å². The van der Waals surface area contributed by atoms with E-state index < -0.39 is 17.6 Å². The summed E-state index contributed by atoms with van der Waals surface area (Å²) in [6.07, 6.45) is 3.54. The maximum atomic E-state index is 12.1. The number of carboxylic acid groups (broad SMARTS) is 1. The molecule has 2 N–H and O–H groups in total. The fourth-order valence-corrected chi connectivity index (χ4v) is 1.48. The highest BCUT2D eigenvalue weighted by molar-refractivity contribution is 5.87. The normalized spacial score (nSPS) is 13.4. The molecule has 6 nitrogen and oxygen atoms in total. The number of nitrogens with zero attached hydrogens (tertiary/aromatic N) is 2. The van der Waals surface area contributed by atoms with Crippen molar-refractivity contribution in [2.24, 2.45) is 0 Å². The second kappa shape index (κ2) is 5.42. The van der Waals surface area contributed by atoms with Crippen molar-refractivity contribution >= 4 is 11.9 Å². The van der Waals surface area contributed by atoms with Gasteiger partial charge < -0.3 is 10.4 Å². The SMILES string of the molecule is CC(NC(=O)C(C)(C)n1cc(C(C)C)cn1)C(=O)O. The van der Waals surface area contributed by atoms with E-state index in [1.54, 1.807) is 24.7 Å². The molecule has 0 saturated heterocycles. The lowest BCUT2D eigenvalue weighted by Gasteiger charge is -2.25. The summed E-state index contributed by atoms with van der Waals surface area (Å²) >= 11 is 0. The molecule has 6 heteroatoms. The van der Waals surface area contributed by atoms with E-state index in [0.29, 0.717) is 5.92 Å².